The van der Waals surface area contributed by atoms with Gasteiger partial charge in [0.05, 0.1) is 32.2 Å². The van der Waals surface area contributed by atoms with Crippen molar-refractivity contribution >= 4 is 22.1 Å². The number of hydrogen-bond acceptors (Lipinski definition) is 5. The molecule has 7 nitrogen and oxygen atoms in total. The Bertz CT molecular complexity index is 680. The van der Waals surface area contributed by atoms with Crippen LogP contribution in [0.4, 0.5) is 5.69 Å². The fourth-order valence-corrected chi connectivity index (χ4v) is 3.09. The first-order valence-corrected chi connectivity index (χ1v) is 7.91. The number of ether oxygens (including phenoxy) is 3. The average Bonchev–Trinajstić information content (AvgIpc) is 2.96. The number of rotatable bonds is 3. The molecule has 0 spiro atoms. The Morgan fingerprint density at radius 2 is 2.19 bits per heavy atom. The van der Waals surface area contributed by atoms with Gasteiger partial charge in [0.2, 0.25) is 0 Å². The third-order valence-electron chi connectivity index (χ3n) is 3.50. The van der Waals surface area contributed by atoms with Crippen LogP contribution in [0.1, 0.15) is 12.0 Å². The molecule has 1 aromatic carbocycles. The van der Waals surface area contributed by atoms with Gasteiger partial charge < -0.3 is 14.2 Å². The van der Waals surface area contributed by atoms with E-state index in [4.69, 9.17) is 14.2 Å². The number of methoxy groups -OCH3 is 1. The molecule has 1 atom stereocenters. The highest BCUT2D eigenvalue weighted by atomic mass is 32.2. The van der Waals surface area contributed by atoms with Crippen LogP contribution in [0.2, 0.25) is 0 Å². The molecule has 0 aliphatic carbocycles. The second kappa shape index (κ2) is 5.19. The van der Waals surface area contributed by atoms with Crippen molar-refractivity contribution in [2.24, 2.45) is 4.40 Å². The summed E-state index contributed by atoms with van der Waals surface area (Å²) < 4.78 is 44.6. The molecule has 114 valence electrons. The van der Waals surface area contributed by atoms with E-state index >= 15 is 0 Å². The lowest BCUT2D eigenvalue weighted by molar-refractivity contribution is 0.138. The van der Waals surface area contributed by atoms with Gasteiger partial charge >= 0.3 is 10.2 Å². The molecule has 1 saturated heterocycles. The Morgan fingerprint density at radius 1 is 1.38 bits per heavy atom. The number of hydrogen-bond donors (Lipinski definition) is 0. The second-order valence-corrected chi connectivity index (χ2v) is 6.50. The van der Waals surface area contributed by atoms with E-state index in [2.05, 4.69) is 4.40 Å². The molecule has 0 N–H and O–H groups in total. The molecule has 8 heteroatoms. The summed E-state index contributed by atoms with van der Waals surface area (Å²) >= 11 is 0. The molecule has 3 rings (SSSR count). The van der Waals surface area contributed by atoms with Crippen molar-refractivity contribution < 1.29 is 22.6 Å². The quantitative estimate of drug-likeness (QED) is 0.831. The van der Waals surface area contributed by atoms with E-state index < -0.39 is 10.2 Å². The van der Waals surface area contributed by atoms with E-state index in [-0.39, 0.29) is 6.10 Å². The highest BCUT2D eigenvalue weighted by Crippen LogP contribution is 2.37. The van der Waals surface area contributed by atoms with Crippen molar-refractivity contribution in [3.05, 3.63) is 17.7 Å². The minimum atomic E-state index is -3.65. The van der Waals surface area contributed by atoms with Gasteiger partial charge in [0, 0.05) is 25.1 Å². The molecular weight excluding hydrogens is 296 g/mol. The van der Waals surface area contributed by atoms with Gasteiger partial charge in [-0.1, -0.05) is 0 Å². The summed E-state index contributed by atoms with van der Waals surface area (Å²) in [6.07, 6.45) is 2.13. The first-order chi connectivity index (χ1) is 10.0. The van der Waals surface area contributed by atoms with Gasteiger partial charge in [0.15, 0.2) is 11.5 Å². The molecule has 1 aromatic rings. The molecular formula is C13H16N2O5S. The van der Waals surface area contributed by atoms with Crippen LogP contribution in [0.25, 0.3) is 0 Å². The first kappa shape index (κ1) is 14.2. The number of fused-ring (bicyclic) bond motifs is 1. The van der Waals surface area contributed by atoms with E-state index in [0.29, 0.717) is 36.0 Å². The normalized spacial score (nSPS) is 23.0. The van der Waals surface area contributed by atoms with Crippen LogP contribution in [0.5, 0.6) is 11.5 Å². The van der Waals surface area contributed by atoms with Crippen molar-refractivity contribution in [1.29, 1.82) is 0 Å². The van der Waals surface area contributed by atoms with Crippen molar-refractivity contribution in [3.8, 4) is 11.5 Å². The van der Waals surface area contributed by atoms with Crippen molar-refractivity contribution in [1.82, 2.24) is 0 Å². The molecule has 0 amide bonds. The zero-order chi connectivity index (χ0) is 15.0. The van der Waals surface area contributed by atoms with Gasteiger partial charge in [-0.3, -0.25) is 4.31 Å². The van der Waals surface area contributed by atoms with Crippen LogP contribution in [-0.4, -0.2) is 48.1 Å². The molecule has 2 aliphatic heterocycles. The Labute approximate surface area is 123 Å². The van der Waals surface area contributed by atoms with E-state index in [1.807, 2.05) is 0 Å². The monoisotopic (exact) mass is 312 g/mol. The average molecular weight is 312 g/mol. The molecule has 2 aliphatic rings. The smallest absolute Gasteiger partial charge is 0.344 e. The Morgan fingerprint density at radius 3 is 2.86 bits per heavy atom. The highest BCUT2D eigenvalue weighted by molar-refractivity contribution is 7.91. The minimum absolute atomic E-state index is 0.0149. The van der Waals surface area contributed by atoms with Gasteiger partial charge in [0.1, 0.15) is 6.10 Å². The molecule has 0 aromatic heterocycles. The summed E-state index contributed by atoms with van der Waals surface area (Å²) in [5.74, 6) is 1.05. The molecule has 0 radical (unpaired) electrons. The lowest BCUT2D eigenvalue weighted by Crippen LogP contribution is -2.28. The third-order valence-corrected chi connectivity index (χ3v) is 4.77. The van der Waals surface area contributed by atoms with E-state index in [1.165, 1.54) is 20.4 Å². The number of benzene rings is 1. The molecule has 21 heavy (non-hydrogen) atoms. The lowest BCUT2D eigenvalue weighted by atomic mass is 10.1. The Hall–Kier alpha value is -1.80. The van der Waals surface area contributed by atoms with Crippen LogP contribution in [0.3, 0.4) is 0 Å². The summed E-state index contributed by atoms with van der Waals surface area (Å²) in [7, 11) is -0.676. The molecule has 0 bridgehead atoms. The third kappa shape index (κ3) is 2.56. The largest absolute Gasteiger partial charge is 0.493 e. The van der Waals surface area contributed by atoms with Gasteiger partial charge in [-0.15, -0.1) is 0 Å². The van der Waals surface area contributed by atoms with E-state index in [9.17, 15) is 8.42 Å². The zero-order valence-electron chi connectivity index (χ0n) is 11.8. The van der Waals surface area contributed by atoms with Crippen LogP contribution in [0, 0.1) is 0 Å². The predicted octanol–water partition coefficient (Wildman–Crippen LogP) is 0.976. The number of anilines is 1. The van der Waals surface area contributed by atoms with E-state index in [0.717, 1.165) is 10.7 Å². The van der Waals surface area contributed by atoms with Gasteiger partial charge in [-0.2, -0.15) is 12.8 Å². The van der Waals surface area contributed by atoms with Crippen molar-refractivity contribution in [2.45, 2.75) is 12.5 Å². The maximum Gasteiger partial charge on any atom is 0.344 e. The van der Waals surface area contributed by atoms with E-state index in [1.54, 1.807) is 12.1 Å². The summed E-state index contributed by atoms with van der Waals surface area (Å²) in [5.41, 5.74) is 1.18. The van der Waals surface area contributed by atoms with Crippen molar-refractivity contribution in [3.63, 3.8) is 0 Å². The lowest BCUT2D eigenvalue weighted by Gasteiger charge is -2.24. The zero-order valence-corrected chi connectivity index (χ0v) is 12.6. The first-order valence-electron chi connectivity index (χ1n) is 6.52. The molecule has 2 heterocycles. The summed E-state index contributed by atoms with van der Waals surface area (Å²) in [6.45, 7) is 1.23. The molecule has 0 saturated carbocycles. The molecule has 0 unspecified atom stereocenters. The summed E-state index contributed by atoms with van der Waals surface area (Å²) in [5, 5.41) is 0. The van der Waals surface area contributed by atoms with Crippen LogP contribution < -0.4 is 13.8 Å². The standard InChI is InChI=1S/C13H16N2O5S/c1-15-11-6-12(18-2)13(20-10-3-4-19-8-10)5-9(11)7-14-21(15,16)17/h5-7,10H,3-4,8H2,1-2H3/t10-/m0/s1. The van der Waals surface area contributed by atoms with Gasteiger partial charge in [-0.05, 0) is 6.07 Å². The maximum absolute atomic E-state index is 11.7. The predicted molar refractivity (Wildman–Crippen MR) is 77.8 cm³/mol. The van der Waals surface area contributed by atoms with Crippen LogP contribution >= 0.6 is 0 Å². The van der Waals surface area contributed by atoms with Crippen LogP contribution in [-0.2, 0) is 14.9 Å². The fourth-order valence-electron chi connectivity index (χ4n) is 2.30. The SMILES string of the molecule is COc1cc2c(cc1O[C@H]1CCOC1)C=NS(=O)(=O)N2C. The number of nitrogens with zero attached hydrogens (tertiary/aromatic N) is 2. The van der Waals surface area contributed by atoms with Crippen LogP contribution in [0.15, 0.2) is 16.5 Å². The Balaban J connectivity index is 2.00. The summed E-state index contributed by atoms with van der Waals surface area (Å²) in [6, 6.07) is 3.38. The van der Waals surface area contributed by atoms with Gasteiger partial charge in [-0.25, -0.2) is 0 Å². The highest BCUT2D eigenvalue weighted by Gasteiger charge is 2.26. The fraction of sp³-hybridized carbons (Fsp3) is 0.462. The van der Waals surface area contributed by atoms with Crippen molar-refractivity contribution in [2.75, 3.05) is 31.7 Å². The topological polar surface area (TPSA) is 77.4 Å². The Kier molecular flexibility index (Phi) is 3.50. The molecule has 1 fully saturated rings. The van der Waals surface area contributed by atoms with Gasteiger partial charge in [0.25, 0.3) is 0 Å². The second-order valence-electron chi connectivity index (χ2n) is 4.85. The minimum Gasteiger partial charge on any atom is -0.493 e. The maximum atomic E-state index is 11.7. The summed E-state index contributed by atoms with van der Waals surface area (Å²) in [4.78, 5) is 0.